The van der Waals surface area contributed by atoms with Gasteiger partial charge in [-0.1, -0.05) is 24.3 Å². The van der Waals surface area contributed by atoms with E-state index in [1.807, 2.05) is 30.3 Å². The summed E-state index contributed by atoms with van der Waals surface area (Å²) in [7, 11) is 0. The molecule has 1 aromatic carbocycles. The number of pyridine rings is 1. The number of ether oxygens (including phenoxy) is 1. The molecule has 0 radical (unpaired) electrons. The Morgan fingerprint density at radius 2 is 2.04 bits per heavy atom. The molecule has 1 fully saturated rings. The fourth-order valence-corrected chi connectivity index (χ4v) is 2.68. The van der Waals surface area contributed by atoms with Gasteiger partial charge in [-0.05, 0) is 24.3 Å². The summed E-state index contributed by atoms with van der Waals surface area (Å²) in [6.45, 7) is 0.877. The Balaban J connectivity index is 0.00000132. The largest absolute Gasteiger partial charge is 0.364 e. The Labute approximate surface area is 147 Å². The number of carbonyl (C=O) groups excluding carboxylic acids is 1. The van der Waals surface area contributed by atoms with Crippen molar-refractivity contribution in [3.8, 4) is 0 Å². The van der Waals surface area contributed by atoms with Crippen molar-refractivity contribution in [3.05, 3.63) is 42.2 Å². The highest BCUT2D eigenvalue weighted by molar-refractivity contribution is 5.86. The molecule has 1 aromatic heterocycles. The van der Waals surface area contributed by atoms with Crippen molar-refractivity contribution in [2.75, 3.05) is 6.54 Å². The maximum absolute atomic E-state index is 12.1. The van der Waals surface area contributed by atoms with Crippen molar-refractivity contribution in [1.29, 1.82) is 0 Å². The lowest BCUT2D eigenvalue weighted by Crippen LogP contribution is -2.35. The standard InChI is InChI=1S/C16H19N3O2.2ClH/c17-9-12-5-6-15(21-12)16(20)19-10-14-13-4-2-1-3-11(13)7-8-18-14;;/h1-4,7-8,12,15H,5-6,9-10,17H2,(H,19,20);2*1H/t12-,15+;;/m1../s1. The van der Waals surface area contributed by atoms with Gasteiger partial charge in [-0.15, -0.1) is 24.8 Å². The van der Waals surface area contributed by atoms with E-state index in [9.17, 15) is 4.79 Å². The van der Waals surface area contributed by atoms with Gasteiger partial charge < -0.3 is 15.8 Å². The van der Waals surface area contributed by atoms with Crippen LogP contribution in [0.25, 0.3) is 10.8 Å². The van der Waals surface area contributed by atoms with Crippen LogP contribution in [0.4, 0.5) is 0 Å². The lowest BCUT2D eigenvalue weighted by Gasteiger charge is -2.13. The normalized spacial score (nSPS) is 19.7. The van der Waals surface area contributed by atoms with E-state index in [0.717, 1.165) is 29.3 Å². The van der Waals surface area contributed by atoms with Gasteiger partial charge >= 0.3 is 0 Å². The topological polar surface area (TPSA) is 77.2 Å². The second kappa shape index (κ2) is 9.03. The first kappa shape index (κ1) is 19.6. The smallest absolute Gasteiger partial charge is 0.249 e. The third kappa shape index (κ3) is 4.54. The number of halogens is 2. The third-order valence-corrected chi connectivity index (χ3v) is 3.85. The Morgan fingerprint density at radius 1 is 1.26 bits per heavy atom. The lowest BCUT2D eigenvalue weighted by molar-refractivity contribution is -0.132. The molecule has 0 bridgehead atoms. The van der Waals surface area contributed by atoms with E-state index >= 15 is 0 Å². The van der Waals surface area contributed by atoms with Crippen molar-refractivity contribution in [3.63, 3.8) is 0 Å². The van der Waals surface area contributed by atoms with Crippen molar-refractivity contribution in [2.45, 2.75) is 31.6 Å². The number of hydrogen-bond acceptors (Lipinski definition) is 4. The number of aromatic nitrogens is 1. The third-order valence-electron chi connectivity index (χ3n) is 3.85. The maximum Gasteiger partial charge on any atom is 0.249 e. The van der Waals surface area contributed by atoms with Gasteiger partial charge in [-0.2, -0.15) is 0 Å². The number of fused-ring (bicyclic) bond motifs is 1. The van der Waals surface area contributed by atoms with Crippen LogP contribution in [0.1, 0.15) is 18.5 Å². The summed E-state index contributed by atoms with van der Waals surface area (Å²) < 4.78 is 5.59. The van der Waals surface area contributed by atoms with E-state index in [0.29, 0.717) is 13.1 Å². The average molecular weight is 358 g/mol. The Kier molecular flexibility index (Phi) is 7.72. The fourth-order valence-electron chi connectivity index (χ4n) is 2.68. The molecule has 7 heteroatoms. The molecule has 1 saturated heterocycles. The molecule has 1 aliphatic heterocycles. The number of nitrogens with one attached hydrogen (secondary N) is 1. The average Bonchev–Trinajstić information content (AvgIpc) is 3.01. The van der Waals surface area contributed by atoms with Crippen LogP contribution in [-0.2, 0) is 16.1 Å². The molecule has 0 unspecified atom stereocenters. The molecule has 2 atom stereocenters. The van der Waals surface area contributed by atoms with Gasteiger partial charge in [-0.25, -0.2) is 0 Å². The van der Waals surface area contributed by atoms with E-state index in [4.69, 9.17) is 10.5 Å². The number of hydrogen-bond donors (Lipinski definition) is 2. The number of benzene rings is 1. The minimum atomic E-state index is -0.381. The van der Waals surface area contributed by atoms with Crippen LogP contribution in [0.5, 0.6) is 0 Å². The van der Waals surface area contributed by atoms with Crippen LogP contribution < -0.4 is 11.1 Å². The zero-order valence-corrected chi connectivity index (χ0v) is 14.2. The minimum absolute atomic E-state index is 0. The van der Waals surface area contributed by atoms with Crippen LogP contribution in [-0.4, -0.2) is 29.6 Å². The highest BCUT2D eigenvalue weighted by atomic mass is 35.5. The van der Waals surface area contributed by atoms with Crippen molar-refractivity contribution in [2.24, 2.45) is 5.73 Å². The quantitative estimate of drug-likeness (QED) is 0.879. The summed E-state index contributed by atoms with van der Waals surface area (Å²) in [5.74, 6) is -0.0827. The van der Waals surface area contributed by atoms with Gasteiger partial charge in [0.15, 0.2) is 0 Å². The van der Waals surface area contributed by atoms with Crippen molar-refractivity contribution < 1.29 is 9.53 Å². The van der Waals surface area contributed by atoms with Crippen LogP contribution in [0.2, 0.25) is 0 Å². The molecule has 2 heterocycles. The summed E-state index contributed by atoms with van der Waals surface area (Å²) in [5, 5.41) is 5.10. The van der Waals surface area contributed by atoms with Gasteiger partial charge in [0, 0.05) is 18.1 Å². The lowest BCUT2D eigenvalue weighted by atomic mass is 10.1. The summed E-state index contributed by atoms with van der Waals surface area (Å²) in [4.78, 5) is 16.5. The number of nitrogens with two attached hydrogens (primary N) is 1. The molecule has 0 saturated carbocycles. The number of nitrogens with zero attached hydrogens (tertiary/aromatic N) is 1. The monoisotopic (exact) mass is 357 g/mol. The van der Waals surface area contributed by atoms with Gasteiger partial charge in [0.05, 0.1) is 18.3 Å². The van der Waals surface area contributed by atoms with E-state index in [1.165, 1.54) is 0 Å². The highest BCUT2D eigenvalue weighted by Gasteiger charge is 2.29. The van der Waals surface area contributed by atoms with Crippen molar-refractivity contribution >= 4 is 41.5 Å². The fraction of sp³-hybridized carbons (Fsp3) is 0.375. The van der Waals surface area contributed by atoms with Crippen LogP contribution in [0, 0.1) is 0 Å². The highest BCUT2D eigenvalue weighted by Crippen LogP contribution is 2.19. The van der Waals surface area contributed by atoms with E-state index in [2.05, 4.69) is 10.3 Å². The van der Waals surface area contributed by atoms with Gasteiger partial charge in [0.2, 0.25) is 5.91 Å². The number of amides is 1. The number of carbonyl (C=O) groups is 1. The molecule has 2 aromatic rings. The minimum Gasteiger partial charge on any atom is -0.364 e. The van der Waals surface area contributed by atoms with Crippen LogP contribution in [0.15, 0.2) is 36.5 Å². The zero-order valence-electron chi connectivity index (χ0n) is 12.6. The van der Waals surface area contributed by atoms with Gasteiger partial charge in [0.1, 0.15) is 6.10 Å². The predicted octanol–water partition coefficient (Wildman–Crippen LogP) is 2.20. The Bertz CT molecular complexity index is 649. The molecule has 3 N–H and O–H groups in total. The maximum atomic E-state index is 12.1. The first-order valence-corrected chi connectivity index (χ1v) is 7.24. The Hall–Kier alpha value is -1.40. The molecule has 0 spiro atoms. The zero-order chi connectivity index (χ0) is 14.7. The molecule has 0 aliphatic carbocycles. The van der Waals surface area contributed by atoms with E-state index in [-0.39, 0.29) is 42.9 Å². The molecular weight excluding hydrogens is 337 g/mol. The van der Waals surface area contributed by atoms with Crippen LogP contribution >= 0.6 is 24.8 Å². The molecular formula is C16H21Cl2N3O2. The second-order valence-corrected chi connectivity index (χ2v) is 5.26. The van der Waals surface area contributed by atoms with Gasteiger partial charge in [0.25, 0.3) is 0 Å². The number of rotatable bonds is 4. The SMILES string of the molecule is Cl.Cl.NC[C@H]1CC[C@@H](C(=O)NCc2nccc3ccccc23)O1. The second-order valence-electron chi connectivity index (χ2n) is 5.26. The Morgan fingerprint density at radius 3 is 2.78 bits per heavy atom. The van der Waals surface area contributed by atoms with Crippen LogP contribution in [0.3, 0.4) is 0 Å². The van der Waals surface area contributed by atoms with E-state index in [1.54, 1.807) is 6.20 Å². The summed E-state index contributed by atoms with van der Waals surface area (Å²) in [6, 6.07) is 9.98. The molecule has 5 nitrogen and oxygen atoms in total. The van der Waals surface area contributed by atoms with Gasteiger partial charge in [-0.3, -0.25) is 9.78 Å². The molecule has 1 amide bonds. The molecule has 1 aliphatic rings. The first-order valence-electron chi connectivity index (χ1n) is 7.24. The first-order chi connectivity index (χ1) is 10.3. The predicted molar refractivity (Wildman–Crippen MR) is 95.0 cm³/mol. The summed E-state index contributed by atoms with van der Waals surface area (Å²) in [6.07, 6.45) is 2.97. The van der Waals surface area contributed by atoms with E-state index < -0.39 is 0 Å². The van der Waals surface area contributed by atoms with Crippen molar-refractivity contribution in [1.82, 2.24) is 10.3 Å². The molecule has 126 valence electrons. The summed E-state index contributed by atoms with van der Waals surface area (Å²) in [5.41, 5.74) is 6.43. The molecule has 23 heavy (non-hydrogen) atoms. The summed E-state index contributed by atoms with van der Waals surface area (Å²) >= 11 is 0. The molecule has 3 rings (SSSR count).